The fourth-order valence-corrected chi connectivity index (χ4v) is 6.09. The van der Waals surface area contributed by atoms with Crippen LogP contribution in [0.3, 0.4) is 0 Å². The lowest BCUT2D eigenvalue weighted by molar-refractivity contribution is 0.489. The summed E-state index contributed by atoms with van der Waals surface area (Å²) < 4.78 is 14.2. The molecule has 7 rings (SSSR count). The minimum absolute atomic E-state index is 0.114. The highest BCUT2D eigenvalue weighted by Gasteiger charge is 2.25. The van der Waals surface area contributed by atoms with Crippen molar-refractivity contribution in [2.45, 2.75) is 39.5 Å². The highest BCUT2D eigenvalue weighted by atomic mass is 16.5. The maximum absolute atomic E-state index is 14.6. The maximum atomic E-state index is 14.6. The molecule has 0 unspecified atom stereocenters. The Labute approximate surface area is 236 Å². The number of ether oxygens (including phenoxy) is 1. The molecule has 0 amide bonds. The van der Waals surface area contributed by atoms with Gasteiger partial charge in [0.05, 0.1) is 11.1 Å². The minimum atomic E-state index is -0.363. The van der Waals surface area contributed by atoms with Crippen LogP contribution in [0.15, 0.2) is 105 Å². The predicted molar refractivity (Wildman–Crippen MR) is 166 cm³/mol. The third kappa shape index (κ3) is 3.76. The predicted octanol–water partition coefficient (Wildman–Crippen LogP) is 8.88. The van der Waals surface area contributed by atoms with Gasteiger partial charge in [0, 0.05) is 26.9 Å². The van der Waals surface area contributed by atoms with Crippen LogP contribution in [0.2, 0.25) is 0 Å². The van der Waals surface area contributed by atoms with Gasteiger partial charge in [-0.2, -0.15) is 0 Å². The lowest BCUT2D eigenvalue weighted by Crippen LogP contribution is -2.33. The zero-order valence-corrected chi connectivity index (χ0v) is 23.4. The average molecular weight is 540 g/mol. The topological polar surface area (TPSA) is 61.4 Å². The second-order valence-corrected chi connectivity index (χ2v) is 11.2. The van der Waals surface area contributed by atoms with E-state index >= 15 is 0 Å². The molecule has 0 aliphatic heterocycles. The smallest absolute Gasteiger partial charge is 0.266 e. The molecule has 2 aromatic heterocycles. The highest BCUT2D eigenvalue weighted by Crippen LogP contribution is 2.43. The Kier molecular flexibility index (Phi) is 5.72. The van der Waals surface area contributed by atoms with Gasteiger partial charge >= 0.3 is 0 Å². The summed E-state index contributed by atoms with van der Waals surface area (Å²) in [6.07, 6.45) is 0. The first-order chi connectivity index (χ1) is 19.8. The van der Waals surface area contributed by atoms with Crippen molar-refractivity contribution in [3.05, 3.63) is 123 Å². The van der Waals surface area contributed by atoms with E-state index in [-0.39, 0.29) is 23.0 Å². The summed E-state index contributed by atoms with van der Waals surface area (Å²) in [4.78, 5) is 28.9. The summed E-state index contributed by atoms with van der Waals surface area (Å²) >= 11 is 0. The van der Waals surface area contributed by atoms with E-state index in [2.05, 4.69) is 27.7 Å². The number of benzene rings is 5. The quantitative estimate of drug-likeness (QED) is 0.162. The molecule has 0 fully saturated rings. The number of aromatic nitrogens is 1. The van der Waals surface area contributed by atoms with E-state index < -0.39 is 0 Å². The molecule has 2 heterocycles. The van der Waals surface area contributed by atoms with Crippen molar-refractivity contribution in [3.63, 3.8) is 0 Å². The van der Waals surface area contributed by atoms with E-state index in [0.717, 1.165) is 21.9 Å². The van der Waals surface area contributed by atoms with Crippen LogP contribution in [-0.4, -0.2) is 4.57 Å². The van der Waals surface area contributed by atoms with Crippen LogP contribution in [0.25, 0.3) is 49.2 Å². The van der Waals surface area contributed by atoms with Gasteiger partial charge in [0.15, 0.2) is 0 Å². The van der Waals surface area contributed by atoms with Crippen LogP contribution >= 0.6 is 0 Å². The van der Waals surface area contributed by atoms with Crippen LogP contribution in [-0.2, 0) is 0 Å². The van der Waals surface area contributed by atoms with Crippen molar-refractivity contribution in [2.75, 3.05) is 0 Å². The molecule has 41 heavy (non-hydrogen) atoms. The average Bonchev–Trinajstić information content (AvgIpc) is 2.97. The second-order valence-electron chi connectivity index (χ2n) is 11.2. The molecule has 0 aliphatic rings. The summed E-state index contributed by atoms with van der Waals surface area (Å²) in [6.45, 7) is 8.34. The Morgan fingerprint density at radius 1 is 0.610 bits per heavy atom. The van der Waals surface area contributed by atoms with E-state index in [1.165, 1.54) is 4.57 Å². The van der Waals surface area contributed by atoms with Gasteiger partial charge < -0.3 is 9.15 Å². The van der Waals surface area contributed by atoms with E-state index in [1.54, 1.807) is 12.1 Å². The van der Waals surface area contributed by atoms with Gasteiger partial charge in [-0.1, -0.05) is 82.3 Å². The highest BCUT2D eigenvalue weighted by molar-refractivity contribution is 6.28. The Morgan fingerprint density at radius 3 is 1.98 bits per heavy atom. The van der Waals surface area contributed by atoms with E-state index in [0.29, 0.717) is 49.9 Å². The van der Waals surface area contributed by atoms with Crippen LogP contribution in [0.4, 0.5) is 0 Å². The fraction of sp³-hybridized carbons (Fsp3) is 0.167. The number of hydrogen-bond donors (Lipinski definition) is 0. The van der Waals surface area contributed by atoms with Crippen molar-refractivity contribution < 1.29 is 9.15 Å². The molecule has 0 saturated carbocycles. The number of rotatable bonds is 5. The van der Waals surface area contributed by atoms with Gasteiger partial charge in [-0.3, -0.25) is 9.59 Å². The van der Waals surface area contributed by atoms with Gasteiger partial charge in [-0.15, -0.1) is 0 Å². The standard InChI is InChI=1S/C36H29NO4/c1-20(2)23-14-10-15-24(21(3)4)34(23)37-35(38)26-17-18-29-33-31(26)27(36(37)39)19-30(40-22-11-6-5-7-12-22)32(33)25-13-8-9-16-28(25)41-29/h5-21H,1-4H3. The zero-order valence-electron chi connectivity index (χ0n) is 23.4. The Morgan fingerprint density at radius 2 is 1.27 bits per heavy atom. The van der Waals surface area contributed by atoms with Crippen LogP contribution in [0.1, 0.15) is 50.7 Å². The molecule has 0 atom stereocenters. The third-order valence-electron chi connectivity index (χ3n) is 7.99. The molecule has 5 aromatic carbocycles. The number of pyridine rings is 1. The first-order valence-corrected chi connectivity index (χ1v) is 14.0. The Hall–Kier alpha value is -4.90. The van der Waals surface area contributed by atoms with Crippen LogP contribution in [0, 0.1) is 0 Å². The van der Waals surface area contributed by atoms with Crippen molar-refractivity contribution in [1.29, 1.82) is 0 Å². The molecule has 0 radical (unpaired) electrons. The summed E-state index contributed by atoms with van der Waals surface area (Å²) in [5.41, 5.74) is 3.21. The van der Waals surface area contributed by atoms with Crippen molar-refractivity contribution >= 4 is 43.5 Å². The Balaban J connectivity index is 1.69. The summed E-state index contributed by atoms with van der Waals surface area (Å²) in [7, 11) is 0. The monoisotopic (exact) mass is 539 g/mol. The molecule has 5 heteroatoms. The second kappa shape index (κ2) is 9.34. The van der Waals surface area contributed by atoms with E-state index in [9.17, 15) is 9.59 Å². The molecular weight excluding hydrogens is 510 g/mol. The summed E-state index contributed by atoms with van der Waals surface area (Å²) in [5, 5.41) is 3.87. The lowest BCUT2D eigenvalue weighted by atomic mass is 9.91. The van der Waals surface area contributed by atoms with Gasteiger partial charge in [-0.25, -0.2) is 4.57 Å². The Bertz CT molecular complexity index is 2200. The van der Waals surface area contributed by atoms with Crippen molar-refractivity contribution in [3.8, 4) is 17.2 Å². The first kappa shape index (κ1) is 25.1. The van der Waals surface area contributed by atoms with Crippen molar-refractivity contribution in [2.24, 2.45) is 0 Å². The number of nitrogens with zero attached hydrogens (tertiary/aromatic N) is 1. The number of para-hydroxylation sites is 3. The molecular formula is C36H29NO4. The molecule has 5 nitrogen and oxygen atoms in total. The van der Waals surface area contributed by atoms with Crippen LogP contribution < -0.4 is 15.9 Å². The fourth-order valence-electron chi connectivity index (χ4n) is 6.09. The molecule has 0 spiro atoms. The minimum Gasteiger partial charge on any atom is -0.457 e. The van der Waals surface area contributed by atoms with Gasteiger partial charge in [0.25, 0.3) is 11.1 Å². The van der Waals surface area contributed by atoms with E-state index in [1.807, 2.05) is 78.9 Å². The van der Waals surface area contributed by atoms with E-state index in [4.69, 9.17) is 9.15 Å². The molecule has 0 saturated heterocycles. The van der Waals surface area contributed by atoms with Crippen molar-refractivity contribution in [1.82, 2.24) is 4.57 Å². The first-order valence-electron chi connectivity index (χ1n) is 14.0. The van der Waals surface area contributed by atoms with Crippen LogP contribution in [0.5, 0.6) is 11.5 Å². The molecule has 0 aliphatic carbocycles. The molecule has 202 valence electrons. The zero-order chi connectivity index (χ0) is 28.4. The number of fused-ring (bicyclic) bond motifs is 2. The largest absolute Gasteiger partial charge is 0.457 e. The summed E-state index contributed by atoms with van der Waals surface area (Å²) in [6, 6.07) is 28.7. The molecule has 0 N–H and O–H groups in total. The van der Waals surface area contributed by atoms with Gasteiger partial charge in [0.1, 0.15) is 22.7 Å². The normalized spacial score (nSPS) is 12.0. The van der Waals surface area contributed by atoms with Gasteiger partial charge in [0.2, 0.25) is 0 Å². The summed E-state index contributed by atoms with van der Waals surface area (Å²) in [5.74, 6) is 1.42. The lowest BCUT2D eigenvalue weighted by Gasteiger charge is -2.22. The molecule has 7 aromatic rings. The third-order valence-corrected chi connectivity index (χ3v) is 7.99. The van der Waals surface area contributed by atoms with Gasteiger partial charge in [-0.05, 0) is 59.4 Å². The maximum Gasteiger partial charge on any atom is 0.266 e. The SMILES string of the molecule is CC(C)c1cccc(C(C)C)c1-n1c(=O)c2ccc3oc4ccccc4c4c(Oc5ccccc5)cc(c1=O)c2c34. The number of hydrogen-bond acceptors (Lipinski definition) is 4. The molecule has 0 bridgehead atoms.